The Hall–Kier alpha value is -3.22. The van der Waals surface area contributed by atoms with E-state index in [9.17, 15) is 14.9 Å². The van der Waals surface area contributed by atoms with E-state index in [0.29, 0.717) is 17.0 Å². The molecule has 2 rings (SSSR count). The second-order valence-corrected chi connectivity index (χ2v) is 5.59. The molecule has 0 radical (unpaired) electrons. The summed E-state index contributed by atoms with van der Waals surface area (Å²) in [5, 5.41) is 14.6. The molecule has 0 aliphatic rings. The number of hydrogen-bond acceptors (Lipinski definition) is 5. The summed E-state index contributed by atoms with van der Waals surface area (Å²) in [5.41, 5.74) is 5.71. The van der Waals surface area contributed by atoms with Crippen molar-refractivity contribution in [1.29, 1.82) is 0 Å². The molecular weight excluding hydrogens is 322 g/mol. The Labute approximate surface area is 145 Å². The summed E-state index contributed by atoms with van der Waals surface area (Å²) in [7, 11) is 0. The highest BCUT2D eigenvalue weighted by atomic mass is 16.6. The van der Waals surface area contributed by atoms with E-state index in [-0.39, 0.29) is 18.2 Å². The first-order valence-corrected chi connectivity index (χ1v) is 7.65. The molecule has 0 fully saturated rings. The average Bonchev–Trinajstić information content (AvgIpc) is 2.59. The van der Waals surface area contributed by atoms with Crippen LogP contribution in [0.15, 0.2) is 47.6 Å². The van der Waals surface area contributed by atoms with Crippen LogP contribution in [0.25, 0.3) is 0 Å². The minimum Gasteiger partial charge on any atom is -0.483 e. The molecule has 0 aromatic heterocycles. The van der Waals surface area contributed by atoms with Crippen molar-refractivity contribution in [3.8, 4) is 5.75 Å². The highest BCUT2D eigenvalue weighted by Crippen LogP contribution is 2.18. The fraction of sp³-hybridized carbons (Fsp3) is 0.222. The van der Waals surface area contributed by atoms with Crippen molar-refractivity contribution < 1.29 is 14.5 Å². The Morgan fingerprint density at radius 1 is 1.20 bits per heavy atom. The number of non-ortho nitro benzene ring substituents is 1. The number of rotatable bonds is 6. The lowest BCUT2D eigenvalue weighted by molar-refractivity contribution is -0.384. The predicted octanol–water partition coefficient (Wildman–Crippen LogP) is 3.13. The molecule has 0 bridgehead atoms. The molecule has 0 atom stereocenters. The van der Waals surface area contributed by atoms with Crippen molar-refractivity contribution in [3.05, 3.63) is 69.3 Å². The lowest BCUT2D eigenvalue weighted by atomic mass is 10.1. The zero-order valence-electron chi connectivity index (χ0n) is 14.3. The maximum atomic E-state index is 11.8. The molecule has 1 N–H and O–H groups in total. The number of hydrogen-bond donors (Lipinski definition) is 1. The summed E-state index contributed by atoms with van der Waals surface area (Å²) in [4.78, 5) is 22.0. The van der Waals surface area contributed by atoms with E-state index in [2.05, 4.69) is 10.5 Å². The Balaban J connectivity index is 1.91. The first-order chi connectivity index (χ1) is 11.9. The quantitative estimate of drug-likeness (QED) is 0.496. The van der Waals surface area contributed by atoms with Crippen molar-refractivity contribution >= 4 is 17.3 Å². The summed E-state index contributed by atoms with van der Waals surface area (Å²) in [6.07, 6.45) is 0. The number of nitro groups is 1. The Kier molecular flexibility index (Phi) is 5.84. The van der Waals surface area contributed by atoms with Gasteiger partial charge in [0.2, 0.25) is 0 Å². The maximum Gasteiger partial charge on any atom is 0.277 e. The molecule has 0 unspecified atom stereocenters. The van der Waals surface area contributed by atoms with Crippen LogP contribution < -0.4 is 10.2 Å². The van der Waals surface area contributed by atoms with Gasteiger partial charge in [0.15, 0.2) is 6.61 Å². The Morgan fingerprint density at radius 3 is 2.48 bits per heavy atom. The fourth-order valence-electron chi connectivity index (χ4n) is 2.17. The molecule has 25 heavy (non-hydrogen) atoms. The van der Waals surface area contributed by atoms with Crippen LogP contribution in [0.2, 0.25) is 0 Å². The van der Waals surface area contributed by atoms with Crippen molar-refractivity contribution in [1.82, 2.24) is 5.43 Å². The summed E-state index contributed by atoms with van der Waals surface area (Å²) in [5.74, 6) is 0.262. The SMILES string of the molecule is C/C(=N/NC(=O)COc1ccc(C)cc1C)c1ccc([N+](=O)[O-])cc1. The highest BCUT2D eigenvalue weighted by molar-refractivity contribution is 5.99. The lowest BCUT2D eigenvalue weighted by Crippen LogP contribution is -2.25. The molecule has 0 aliphatic carbocycles. The van der Waals surface area contributed by atoms with Gasteiger partial charge >= 0.3 is 0 Å². The van der Waals surface area contributed by atoms with E-state index in [1.807, 2.05) is 32.0 Å². The second kappa shape index (κ2) is 8.05. The van der Waals surface area contributed by atoms with Gasteiger partial charge in [-0.2, -0.15) is 5.10 Å². The van der Waals surface area contributed by atoms with Gasteiger partial charge in [-0.25, -0.2) is 5.43 Å². The van der Waals surface area contributed by atoms with Crippen LogP contribution in [0.1, 0.15) is 23.6 Å². The van der Waals surface area contributed by atoms with Gasteiger partial charge in [-0.15, -0.1) is 0 Å². The van der Waals surface area contributed by atoms with E-state index in [4.69, 9.17) is 4.74 Å². The van der Waals surface area contributed by atoms with Crippen molar-refractivity contribution in [2.24, 2.45) is 5.10 Å². The van der Waals surface area contributed by atoms with E-state index in [1.54, 1.807) is 19.1 Å². The molecule has 0 saturated heterocycles. The minimum atomic E-state index is -0.470. The van der Waals surface area contributed by atoms with Gasteiger partial charge in [-0.05, 0) is 50.1 Å². The van der Waals surface area contributed by atoms with Gasteiger partial charge in [0.25, 0.3) is 11.6 Å². The Bertz CT molecular complexity index is 814. The van der Waals surface area contributed by atoms with E-state index < -0.39 is 4.92 Å². The fourth-order valence-corrected chi connectivity index (χ4v) is 2.17. The zero-order chi connectivity index (χ0) is 18.4. The largest absolute Gasteiger partial charge is 0.483 e. The summed E-state index contributed by atoms with van der Waals surface area (Å²) < 4.78 is 5.48. The van der Waals surface area contributed by atoms with Crippen LogP contribution in [0, 0.1) is 24.0 Å². The number of nitro benzene ring substituents is 1. The Morgan fingerprint density at radius 2 is 1.88 bits per heavy atom. The van der Waals surface area contributed by atoms with E-state index in [1.165, 1.54) is 12.1 Å². The molecule has 0 spiro atoms. The number of carbonyl (C=O) groups excluding carboxylic acids is 1. The van der Waals surface area contributed by atoms with Crippen molar-refractivity contribution in [2.75, 3.05) is 6.61 Å². The zero-order valence-corrected chi connectivity index (χ0v) is 14.3. The number of hydrazone groups is 1. The lowest BCUT2D eigenvalue weighted by Gasteiger charge is -2.09. The summed E-state index contributed by atoms with van der Waals surface area (Å²) in [6, 6.07) is 11.6. The van der Waals surface area contributed by atoms with Crippen LogP contribution in [0.3, 0.4) is 0 Å². The molecule has 0 saturated carbocycles. The molecule has 1 amide bonds. The number of ether oxygens (including phenoxy) is 1. The van der Waals surface area contributed by atoms with Gasteiger partial charge in [0, 0.05) is 12.1 Å². The number of amides is 1. The van der Waals surface area contributed by atoms with Crippen molar-refractivity contribution in [2.45, 2.75) is 20.8 Å². The molecule has 7 nitrogen and oxygen atoms in total. The molecule has 7 heteroatoms. The third-order valence-electron chi connectivity index (χ3n) is 3.53. The molecule has 130 valence electrons. The summed E-state index contributed by atoms with van der Waals surface area (Å²) >= 11 is 0. The highest BCUT2D eigenvalue weighted by Gasteiger charge is 2.07. The minimum absolute atomic E-state index is 0.00227. The van der Waals surface area contributed by atoms with Crippen LogP contribution in [-0.2, 0) is 4.79 Å². The molecule has 0 aliphatic heterocycles. The first kappa shape index (κ1) is 18.1. The maximum absolute atomic E-state index is 11.8. The third kappa shape index (κ3) is 5.13. The predicted molar refractivity (Wildman–Crippen MR) is 94.9 cm³/mol. The second-order valence-electron chi connectivity index (χ2n) is 5.59. The number of nitrogens with one attached hydrogen (secondary N) is 1. The summed E-state index contributed by atoms with van der Waals surface area (Å²) in [6.45, 7) is 5.45. The van der Waals surface area contributed by atoms with Crippen LogP contribution >= 0.6 is 0 Å². The molecular formula is C18H19N3O4. The van der Waals surface area contributed by atoms with Gasteiger partial charge in [-0.1, -0.05) is 17.7 Å². The molecule has 2 aromatic rings. The van der Waals surface area contributed by atoms with Crippen molar-refractivity contribution in [3.63, 3.8) is 0 Å². The van der Waals surface area contributed by atoms with Crippen LogP contribution in [0.4, 0.5) is 5.69 Å². The smallest absolute Gasteiger partial charge is 0.277 e. The molecule has 2 aromatic carbocycles. The number of carbonyl (C=O) groups is 1. The van der Waals surface area contributed by atoms with E-state index in [0.717, 1.165) is 11.1 Å². The number of benzene rings is 2. The topological polar surface area (TPSA) is 93.8 Å². The third-order valence-corrected chi connectivity index (χ3v) is 3.53. The number of nitrogens with zero attached hydrogens (tertiary/aromatic N) is 2. The van der Waals surface area contributed by atoms with Gasteiger partial charge in [-0.3, -0.25) is 14.9 Å². The standard InChI is InChI=1S/C18H19N3O4/c1-12-4-9-17(13(2)10-12)25-11-18(22)20-19-14(3)15-5-7-16(8-6-15)21(23)24/h4-10H,11H2,1-3H3,(H,20,22)/b19-14-. The van der Waals surface area contributed by atoms with E-state index >= 15 is 0 Å². The number of aryl methyl sites for hydroxylation is 2. The van der Waals surface area contributed by atoms with Crippen LogP contribution in [-0.4, -0.2) is 23.1 Å². The first-order valence-electron chi connectivity index (χ1n) is 7.65. The van der Waals surface area contributed by atoms with Gasteiger partial charge in [0.1, 0.15) is 5.75 Å². The normalized spacial score (nSPS) is 11.1. The van der Waals surface area contributed by atoms with Crippen LogP contribution in [0.5, 0.6) is 5.75 Å². The average molecular weight is 341 g/mol. The van der Waals surface area contributed by atoms with Gasteiger partial charge in [0.05, 0.1) is 10.6 Å². The molecule has 0 heterocycles. The monoisotopic (exact) mass is 341 g/mol. The van der Waals surface area contributed by atoms with Gasteiger partial charge < -0.3 is 4.74 Å².